The van der Waals surface area contributed by atoms with Gasteiger partial charge in [-0.05, 0) is 49.5 Å². The average molecular weight is 303 g/mol. The van der Waals surface area contributed by atoms with Crippen molar-refractivity contribution in [2.45, 2.75) is 56.8 Å². The number of hydrogen-bond acceptors (Lipinski definition) is 2. The van der Waals surface area contributed by atoms with Crippen LogP contribution in [0, 0.1) is 11.8 Å². The molecule has 2 fully saturated rings. The third kappa shape index (κ3) is 3.37. The maximum absolute atomic E-state index is 12.9. The predicted molar refractivity (Wildman–Crippen MR) is 74.7 cm³/mol. The summed E-state index contributed by atoms with van der Waals surface area (Å²) in [5.74, 6) is -0.489. The Kier molecular flexibility index (Phi) is 4.09. The fourth-order valence-corrected chi connectivity index (χ4v) is 4.12. The molecule has 2 aliphatic carbocycles. The van der Waals surface area contributed by atoms with E-state index in [0.717, 1.165) is 6.42 Å². The summed E-state index contributed by atoms with van der Waals surface area (Å²) in [6, 6.07) is 4.41. The van der Waals surface area contributed by atoms with Crippen molar-refractivity contribution < 1.29 is 13.2 Å². The highest BCUT2D eigenvalue weighted by atomic mass is 32.1. The molecule has 20 heavy (non-hydrogen) atoms. The Hall–Kier alpha value is -0.550. The molecule has 1 aromatic rings. The first kappa shape index (κ1) is 14.4. The Morgan fingerprint density at radius 1 is 1.20 bits per heavy atom. The van der Waals surface area contributed by atoms with E-state index in [-0.39, 0.29) is 18.5 Å². The van der Waals surface area contributed by atoms with Gasteiger partial charge >= 0.3 is 6.18 Å². The monoisotopic (exact) mass is 303 g/mol. The minimum atomic E-state index is -4.03. The molecule has 1 heterocycles. The highest BCUT2D eigenvalue weighted by Crippen LogP contribution is 2.44. The number of halogens is 3. The van der Waals surface area contributed by atoms with Gasteiger partial charge in [0.1, 0.15) is 0 Å². The Bertz CT molecular complexity index is 425. The van der Waals surface area contributed by atoms with Crippen LogP contribution in [0.1, 0.15) is 49.4 Å². The van der Waals surface area contributed by atoms with Crippen LogP contribution >= 0.6 is 11.3 Å². The molecule has 3 rings (SSSR count). The van der Waals surface area contributed by atoms with Crippen LogP contribution in [0.4, 0.5) is 13.2 Å². The third-order valence-electron chi connectivity index (χ3n) is 4.50. The van der Waals surface area contributed by atoms with E-state index >= 15 is 0 Å². The van der Waals surface area contributed by atoms with Crippen molar-refractivity contribution in [2.75, 3.05) is 0 Å². The minimum Gasteiger partial charge on any atom is -0.306 e. The van der Waals surface area contributed by atoms with Gasteiger partial charge in [0.05, 0.1) is 5.92 Å². The molecule has 2 aliphatic rings. The molecule has 1 aromatic heterocycles. The van der Waals surface area contributed by atoms with E-state index in [4.69, 9.17) is 0 Å². The smallest absolute Gasteiger partial charge is 0.306 e. The predicted octanol–water partition coefficient (Wildman–Crippen LogP) is 4.91. The fraction of sp³-hybridized carbons (Fsp3) is 0.733. The highest BCUT2D eigenvalue weighted by molar-refractivity contribution is 7.10. The lowest BCUT2D eigenvalue weighted by Gasteiger charge is -2.33. The second kappa shape index (κ2) is 5.68. The van der Waals surface area contributed by atoms with Crippen LogP contribution < -0.4 is 5.32 Å². The molecular weight excluding hydrogens is 283 g/mol. The second-order valence-electron chi connectivity index (χ2n) is 6.10. The molecule has 0 saturated heterocycles. The molecule has 3 unspecified atom stereocenters. The van der Waals surface area contributed by atoms with Crippen molar-refractivity contribution in [3.63, 3.8) is 0 Å². The molecule has 1 nitrogen and oxygen atoms in total. The number of nitrogens with one attached hydrogen (secondary N) is 1. The van der Waals surface area contributed by atoms with Gasteiger partial charge in [-0.2, -0.15) is 13.2 Å². The summed E-state index contributed by atoms with van der Waals surface area (Å²) in [5, 5.41) is 5.58. The zero-order valence-electron chi connectivity index (χ0n) is 11.3. The van der Waals surface area contributed by atoms with E-state index in [1.54, 1.807) is 11.3 Å². The summed E-state index contributed by atoms with van der Waals surface area (Å²) in [5.41, 5.74) is 0. The minimum absolute atomic E-state index is 0.0167. The van der Waals surface area contributed by atoms with E-state index < -0.39 is 12.1 Å². The van der Waals surface area contributed by atoms with Gasteiger partial charge in [-0.25, -0.2) is 0 Å². The molecule has 0 spiro atoms. The molecule has 1 N–H and O–H groups in total. The first-order chi connectivity index (χ1) is 9.54. The fourth-order valence-electron chi connectivity index (χ4n) is 3.24. The van der Waals surface area contributed by atoms with E-state index in [9.17, 15) is 13.2 Å². The number of hydrogen-bond donors (Lipinski definition) is 1. The van der Waals surface area contributed by atoms with Crippen LogP contribution in [-0.2, 0) is 0 Å². The maximum Gasteiger partial charge on any atom is 0.391 e. The van der Waals surface area contributed by atoms with Gasteiger partial charge in [-0.1, -0.05) is 12.5 Å². The molecule has 5 heteroatoms. The largest absolute Gasteiger partial charge is 0.391 e. The molecule has 112 valence electrons. The SMILES string of the molecule is FC(F)(F)C1CCCC(NC(c2cccs2)C2CC2)C1. The van der Waals surface area contributed by atoms with Crippen molar-refractivity contribution in [2.24, 2.45) is 11.8 Å². The lowest BCUT2D eigenvalue weighted by Crippen LogP contribution is -2.40. The van der Waals surface area contributed by atoms with E-state index in [1.165, 1.54) is 17.7 Å². The Morgan fingerprint density at radius 2 is 2.00 bits per heavy atom. The summed E-state index contributed by atoms with van der Waals surface area (Å²) in [4.78, 5) is 1.28. The van der Waals surface area contributed by atoms with Crippen LogP contribution in [0.25, 0.3) is 0 Å². The molecule has 2 saturated carbocycles. The quantitative estimate of drug-likeness (QED) is 0.833. The Morgan fingerprint density at radius 3 is 2.60 bits per heavy atom. The third-order valence-corrected chi connectivity index (χ3v) is 5.45. The topological polar surface area (TPSA) is 12.0 Å². The zero-order chi connectivity index (χ0) is 14.2. The van der Waals surface area contributed by atoms with Crippen molar-refractivity contribution in [1.82, 2.24) is 5.32 Å². The van der Waals surface area contributed by atoms with E-state index in [1.807, 2.05) is 11.4 Å². The van der Waals surface area contributed by atoms with E-state index in [0.29, 0.717) is 18.8 Å². The van der Waals surface area contributed by atoms with Gasteiger partial charge in [0, 0.05) is 17.0 Å². The van der Waals surface area contributed by atoms with Gasteiger partial charge in [-0.15, -0.1) is 11.3 Å². The Balaban J connectivity index is 1.64. The number of thiophene rings is 1. The normalized spacial score (nSPS) is 29.4. The molecule has 0 radical (unpaired) electrons. The van der Waals surface area contributed by atoms with Crippen LogP contribution in [-0.4, -0.2) is 12.2 Å². The van der Waals surface area contributed by atoms with Gasteiger partial charge < -0.3 is 5.32 Å². The summed E-state index contributed by atoms with van der Waals surface area (Å²) in [6.45, 7) is 0. The molecular formula is C15H20F3NS. The first-order valence-corrected chi connectivity index (χ1v) is 8.28. The Labute approximate surface area is 121 Å². The lowest BCUT2D eigenvalue weighted by atomic mass is 9.84. The highest BCUT2D eigenvalue weighted by Gasteiger charge is 2.43. The molecule has 0 aliphatic heterocycles. The summed E-state index contributed by atoms with van der Waals surface area (Å²) in [7, 11) is 0. The van der Waals surface area contributed by atoms with Crippen LogP contribution in [0.2, 0.25) is 0 Å². The summed E-state index contributed by atoms with van der Waals surface area (Å²) >= 11 is 1.71. The molecule has 0 aromatic carbocycles. The van der Waals surface area contributed by atoms with Crippen molar-refractivity contribution in [1.29, 1.82) is 0 Å². The van der Waals surface area contributed by atoms with Gasteiger partial charge in [0.25, 0.3) is 0 Å². The molecule has 3 atom stereocenters. The van der Waals surface area contributed by atoms with Gasteiger partial charge in [0.2, 0.25) is 0 Å². The molecule has 0 amide bonds. The lowest BCUT2D eigenvalue weighted by molar-refractivity contribution is -0.183. The van der Waals surface area contributed by atoms with Gasteiger partial charge in [0.15, 0.2) is 0 Å². The standard InChI is InChI=1S/C15H20F3NS/c16-15(17,18)11-3-1-4-12(9-11)19-14(10-6-7-10)13-5-2-8-20-13/h2,5,8,10-12,14,19H,1,3-4,6-7,9H2. The maximum atomic E-state index is 12.9. The number of rotatable bonds is 4. The van der Waals surface area contributed by atoms with Crippen molar-refractivity contribution in [3.05, 3.63) is 22.4 Å². The summed E-state index contributed by atoms with van der Waals surface area (Å²) < 4.78 is 38.6. The summed E-state index contributed by atoms with van der Waals surface area (Å²) in [6.07, 6.45) is 0.478. The first-order valence-electron chi connectivity index (χ1n) is 7.40. The average Bonchev–Trinajstić information content (AvgIpc) is 3.10. The van der Waals surface area contributed by atoms with Gasteiger partial charge in [-0.3, -0.25) is 0 Å². The van der Waals surface area contributed by atoms with E-state index in [2.05, 4.69) is 11.4 Å². The number of alkyl halides is 3. The van der Waals surface area contributed by atoms with Crippen LogP contribution in [0.15, 0.2) is 17.5 Å². The van der Waals surface area contributed by atoms with Crippen molar-refractivity contribution >= 4 is 11.3 Å². The zero-order valence-corrected chi connectivity index (χ0v) is 12.1. The van der Waals surface area contributed by atoms with Crippen LogP contribution in [0.3, 0.4) is 0 Å². The van der Waals surface area contributed by atoms with Crippen LogP contribution in [0.5, 0.6) is 0 Å². The van der Waals surface area contributed by atoms with Crippen molar-refractivity contribution in [3.8, 4) is 0 Å². The molecule has 0 bridgehead atoms. The second-order valence-corrected chi connectivity index (χ2v) is 7.08.